The van der Waals surface area contributed by atoms with Gasteiger partial charge in [0.05, 0.1) is 56.9 Å². The molecular weight excluding hydrogens is 1030 g/mol. The number of rotatable bonds is 24. The number of benzene rings is 2. The van der Waals surface area contributed by atoms with E-state index in [1.54, 1.807) is 13.8 Å². The molecule has 2 atom stereocenters. The van der Waals surface area contributed by atoms with Crippen molar-refractivity contribution in [2.45, 2.75) is 127 Å². The molecule has 4 amide bonds. The first kappa shape index (κ1) is 55.6. The molecule has 0 saturated carbocycles. The minimum atomic E-state index is -4.14. The zero-order valence-corrected chi connectivity index (χ0v) is 46.5. The van der Waals surface area contributed by atoms with E-state index in [4.69, 9.17) is 42.8 Å². The summed E-state index contributed by atoms with van der Waals surface area (Å²) in [5.41, 5.74) is 15.0. The molecule has 4 aromatic rings. The summed E-state index contributed by atoms with van der Waals surface area (Å²) in [5, 5.41) is 13.1. The molecule has 2 aliphatic heterocycles. The van der Waals surface area contributed by atoms with Crippen molar-refractivity contribution >= 4 is 64.8 Å². The lowest BCUT2D eigenvalue weighted by atomic mass is 10.1. The molecule has 416 valence electrons. The van der Waals surface area contributed by atoms with Crippen LogP contribution in [0.3, 0.4) is 0 Å². The van der Waals surface area contributed by atoms with Crippen molar-refractivity contribution in [3.8, 4) is 11.5 Å². The van der Waals surface area contributed by atoms with E-state index in [-0.39, 0.29) is 99.2 Å². The predicted octanol–water partition coefficient (Wildman–Crippen LogP) is 5.14. The third-order valence-corrected chi connectivity index (χ3v) is 15.1. The Morgan fingerprint density at radius 1 is 0.693 bits per heavy atom. The molecule has 0 spiro atoms. The molecule has 2 saturated heterocycles. The largest absolute Gasteiger partial charge is 0.493 e. The van der Waals surface area contributed by atoms with Gasteiger partial charge in [0.2, 0.25) is 10.0 Å². The fraction of sp³-hybridized carbons (Fsp3) is 0.560. The molecule has 2 unspecified atom stereocenters. The Labute approximate surface area is 451 Å². The number of nitrogens with two attached hydrogens (primary N) is 3. The Bertz CT molecular complexity index is 3020. The highest BCUT2D eigenvalue weighted by molar-refractivity contribution is 8.13. The molecule has 0 radical (unpaired) electrons. The first-order chi connectivity index (χ1) is 37.0. The van der Waals surface area contributed by atoms with E-state index in [2.05, 4.69) is 42.4 Å². The summed E-state index contributed by atoms with van der Waals surface area (Å²) in [5.74, 6) is -3.25. The van der Waals surface area contributed by atoms with Crippen LogP contribution in [0, 0.1) is 0 Å². The maximum atomic E-state index is 13.5. The number of hydrogen-bond acceptors (Lipinski definition) is 15. The molecule has 4 heterocycles. The maximum absolute atomic E-state index is 13.5. The Hall–Kier alpha value is -5.63. The van der Waals surface area contributed by atoms with E-state index in [0.717, 1.165) is 47.4 Å². The molecule has 0 bridgehead atoms. The molecular formula is C50H77ClN12O10S2. The van der Waals surface area contributed by atoms with Crippen molar-refractivity contribution in [1.29, 1.82) is 0 Å². The molecule has 2 aliphatic rings. The Morgan fingerprint density at radius 3 is 1.49 bits per heavy atom. The van der Waals surface area contributed by atoms with E-state index in [1.807, 2.05) is 20.9 Å². The van der Waals surface area contributed by atoms with Gasteiger partial charge in [-0.3, -0.25) is 28.5 Å². The summed E-state index contributed by atoms with van der Waals surface area (Å²) in [6.45, 7) is 10.8. The van der Waals surface area contributed by atoms with Crippen LogP contribution in [0.5, 0.6) is 11.5 Å². The van der Waals surface area contributed by atoms with Gasteiger partial charge in [-0.2, -0.15) is 10.2 Å². The zero-order valence-electron chi connectivity index (χ0n) is 48.1. The molecule has 9 N–H and O–H groups in total. The average Bonchev–Trinajstić information content (AvgIpc) is 4.25. The first-order valence-electron chi connectivity index (χ1n) is 27.0. The third-order valence-electron chi connectivity index (χ3n) is 12.2. The van der Waals surface area contributed by atoms with Crippen LogP contribution in [0.15, 0.2) is 46.2 Å². The number of primary amides is 2. The minimum Gasteiger partial charge on any atom is -0.493 e. The van der Waals surface area contributed by atoms with Gasteiger partial charge in [-0.05, 0) is 134 Å². The standard InChI is InChI=1S/C25H38N6O5S.C18H23ClN4O5S.C7H16N2/c1-5-8-20-22(23(24(26)32)31(4)29-20)28-25(33)19-16-18(10-11-21(19)36-15-6-2)37(34,35)27-13-12-17-9-7-14-30(17)3;1-4-6-13-15(16(17(20)24)23(3)22-13)21-18(25)12-10-11(29(19,26)27)7-8-14(12)28-9-5-2;1-9-6-2-3-7(9)4-5-8/h10-11,16-17,27H,5-9,12-15H2,1-4H3,(H2,26,32)(H,28,33);7-8,10H,4-6,9H2,1-3H3,(H2,20,24)(H,21,25);7H,2-6,8H2,1H3/i8D2;6D2;. The molecule has 0 aliphatic carbocycles. The van der Waals surface area contributed by atoms with Crippen LogP contribution in [-0.2, 0) is 45.9 Å². The number of anilines is 2. The highest BCUT2D eigenvalue weighted by Gasteiger charge is 2.28. The van der Waals surface area contributed by atoms with E-state index in [0.29, 0.717) is 25.3 Å². The number of aromatic nitrogens is 4. The Morgan fingerprint density at radius 2 is 1.12 bits per heavy atom. The minimum absolute atomic E-state index is 0.00984. The van der Waals surface area contributed by atoms with Crippen molar-refractivity contribution in [2.75, 3.05) is 64.1 Å². The molecule has 75 heavy (non-hydrogen) atoms. The van der Waals surface area contributed by atoms with Crippen molar-refractivity contribution in [3.05, 3.63) is 70.3 Å². The molecule has 2 aromatic carbocycles. The van der Waals surface area contributed by atoms with Gasteiger partial charge in [0, 0.05) is 48.9 Å². The molecule has 22 nitrogen and oxygen atoms in total. The van der Waals surface area contributed by atoms with Crippen LogP contribution >= 0.6 is 10.7 Å². The average molecular weight is 1110 g/mol. The van der Waals surface area contributed by atoms with E-state index >= 15 is 0 Å². The molecule has 6 rings (SSSR count). The summed E-state index contributed by atoms with van der Waals surface area (Å²) in [6.07, 6.45) is 4.02. The summed E-state index contributed by atoms with van der Waals surface area (Å²) in [7, 11) is 4.34. The second kappa shape index (κ2) is 29.0. The van der Waals surface area contributed by atoms with Gasteiger partial charge in [-0.15, -0.1) is 0 Å². The number of hydrogen-bond donors (Lipinski definition) is 6. The molecule has 2 fully saturated rings. The van der Waals surface area contributed by atoms with Gasteiger partial charge in [0.15, 0.2) is 0 Å². The van der Waals surface area contributed by atoms with E-state index < -0.39 is 55.4 Å². The number of ether oxygens (including phenoxy) is 2. The zero-order chi connectivity index (χ0) is 59.2. The summed E-state index contributed by atoms with van der Waals surface area (Å²) >= 11 is 0. The summed E-state index contributed by atoms with van der Waals surface area (Å²) in [6, 6.07) is 8.62. The smallest absolute Gasteiger partial charge is 0.269 e. The molecule has 25 heteroatoms. The highest BCUT2D eigenvalue weighted by Crippen LogP contribution is 2.30. The second-order valence-corrected chi connectivity index (χ2v) is 22.2. The summed E-state index contributed by atoms with van der Waals surface area (Å²) < 4.78 is 98.7. The van der Waals surface area contributed by atoms with E-state index in [9.17, 15) is 36.0 Å². The Kier molecular flexibility index (Phi) is 21.5. The van der Waals surface area contributed by atoms with Crippen molar-refractivity contribution in [2.24, 2.45) is 31.3 Å². The number of aryl methyl sites for hydroxylation is 4. The van der Waals surface area contributed by atoms with Crippen LogP contribution in [0.25, 0.3) is 0 Å². The van der Waals surface area contributed by atoms with Gasteiger partial charge in [-0.25, -0.2) is 21.6 Å². The lowest BCUT2D eigenvalue weighted by Crippen LogP contribution is -2.32. The normalized spacial score (nSPS) is 17.0. The monoisotopic (exact) mass is 1110 g/mol. The third kappa shape index (κ3) is 17.2. The number of carbonyl (C=O) groups excluding carboxylic acids is 4. The van der Waals surface area contributed by atoms with Crippen LogP contribution in [0.2, 0.25) is 0 Å². The number of sulfonamides is 1. The van der Waals surface area contributed by atoms with E-state index in [1.165, 1.54) is 70.2 Å². The van der Waals surface area contributed by atoms with Gasteiger partial charge < -0.3 is 47.1 Å². The van der Waals surface area contributed by atoms with Gasteiger partial charge >= 0.3 is 0 Å². The lowest BCUT2D eigenvalue weighted by molar-refractivity contribution is 0.0981. The number of halogens is 1. The fourth-order valence-electron chi connectivity index (χ4n) is 8.49. The SMILES string of the molecule is CN1CCCC1CCN.[2H]C([2H])(CC)c1nn(C)c(C(N)=O)c1NC(=O)c1cc(S(=O)(=O)Cl)ccc1OCCC.[2H]C([2H])(CC)c1nn(C)c(C(N)=O)c1NC(=O)c1cc(S(=O)(=O)NCCC2CCCN2C)ccc1OCCC. The lowest BCUT2D eigenvalue weighted by Gasteiger charge is -2.19. The topological polar surface area (TPSA) is 311 Å². The highest BCUT2D eigenvalue weighted by atomic mass is 35.7. The predicted molar refractivity (Wildman–Crippen MR) is 290 cm³/mol. The second-order valence-electron chi connectivity index (χ2n) is 17.9. The number of amides is 4. The summed E-state index contributed by atoms with van der Waals surface area (Å²) in [4.78, 5) is 54.9. The number of nitrogens with zero attached hydrogens (tertiary/aromatic N) is 6. The van der Waals surface area contributed by atoms with Crippen LogP contribution in [-0.4, -0.2) is 135 Å². The Balaban J connectivity index is 0.000000299. The maximum Gasteiger partial charge on any atom is 0.269 e. The van der Waals surface area contributed by atoms with Crippen LogP contribution < -0.4 is 42.0 Å². The first-order valence-corrected chi connectivity index (χ1v) is 28.7. The van der Waals surface area contributed by atoms with Crippen molar-refractivity contribution in [1.82, 2.24) is 34.1 Å². The number of carbonyl (C=O) groups is 4. The fourth-order valence-corrected chi connectivity index (χ4v) is 10.3. The van der Waals surface area contributed by atoms with Gasteiger partial charge in [0.1, 0.15) is 22.9 Å². The van der Waals surface area contributed by atoms with Crippen LogP contribution in [0.4, 0.5) is 11.4 Å². The quantitative estimate of drug-likeness (QED) is 0.0495. The van der Waals surface area contributed by atoms with Crippen LogP contribution in [0.1, 0.15) is 150 Å². The number of nitrogens with one attached hydrogen (secondary N) is 3. The van der Waals surface area contributed by atoms with Gasteiger partial charge in [-0.1, -0.05) is 40.5 Å². The van der Waals surface area contributed by atoms with Crippen molar-refractivity contribution < 1.29 is 51.0 Å². The van der Waals surface area contributed by atoms with Gasteiger partial charge in [0.25, 0.3) is 32.7 Å². The van der Waals surface area contributed by atoms with Crippen molar-refractivity contribution in [3.63, 3.8) is 0 Å². The number of likely N-dealkylation sites (tertiary alicyclic amines) is 2. The molecule has 2 aromatic heterocycles.